The highest BCUT2D eigenvalue weighted by molar-refractivity contribution is 5.32. The monoisotopic (exact) mass is 283 g/mol. The zero-order chi connectivity index (χ0) is 15.2. The Morgan fingerprint density at radius 3 is 2.52 bits per heavy atom. The Bertz CT molecular complexity index is 636. The van der Waals surface area contributed by atoms with Gasteiger partial charge in [-0.3, -0.25) is 0 Å². The summed E-state index contributed by atoms with van der Waals surface area (Å²) < 4.78 is 2.34. The fourth-order valence-corrected chi connectivity index (χ4v) is 3.52. The molecule has 112 valence electrons. The molecule has 0 bridgehead atoms. The SMILES string of the molecule is Cc1ccc(C(C)n2ccc3c2CC(C)(C)CC3O)cc1. The van der Waals surface area contributed by atoms with Crippen LogP contribution in [0.3, 0.4) is 0 Å². The van der Waals surface area contributed by atoms with Gasteiger partial charge in [0.15, 0.2) is 0 Å². The Morgan fingerprint density at radius 2 is 1.86 bits per heavy atom. The summed E-state index contributed by atoms with van der Waals surface area (Å²) in [5.74, 6) is 0. The first-order valence-corrected chi connectivity index (χ1v) is 7.82. The van der Waals surface area contributed by atoms with Gasteiger partial charge in [0, 0.05) is 17.5 Å². The summed E-state index contributed by atoms with van der Waals surface area (Å²) >= 11 is 0. The Hall–Kier alpha value is -1.54. The van der Waals surface area contributed by atoms with Gasteiger partial charge < -0.3 is 9.67 Å². The lowest BCUT2D eigenvalue weighted by molar-refractivity contribution is 0.0978. The van der Waals surface area contributed by atoms with E-state index in [2.05, 4.69) is 68.8 Å². The van der Waals surface area contributed by atoms with Gasteiger partial charge in [-0.2, -0.15) is 0 Å². The van der Waals surface area contributed by atoms with Crippen LogP contribution in [0.2, 0.25) is 0 Å². The minimum absolute atomic E-state index is 0.162. The minimum atomic E-state index is -0.324. The first-order valence-electron chi connectivity index (χ1n) is 7.82. The molecule has 0 fully saturated rings. The number of hydrogen-bond acceptors (Lipinski definition) is 1. The van der Waals surface area contributed by atoms with E-state index < -0.39 is 0 Å². The van der Waals surface area contributed by atoms with Crippen molar-refractivity contribution in [2.75, 3.05) is 0 Å². The van der Waals surface area contributed by atoms with Gasteiger partial charge in [0.1, 0.15) is 0 Å². The second kappa shape index (κ2) is 5.03. The molecule has 21 heavy (non-hydrogen) atoms. The third-order valence-electron chi connectivity index (χ3n) is 4.79. The lowest BCUT2D eigenvalue weighted by atomic mass is 9.75. The molecule has 1 N–H and O–H groups in total. The molecule has 1 aliphatic rings. The first kappa shape index (κ1) is 14.4. The summed E-state index contributed by atoms with van der Waals surface area (Å²) in [4.78, 5) is 0. The van der Waals surface area contributed by atoms with Crippen LogP contribution in [0, 0.1) is 12.3 Å². The largest absolute Gasteiger partial charge is 0.388 e. The molecular formula is C19H25NO. The zero-order valence-electron chi connectivity index (χ0n) is 13.4. The Kier molecular flexibility index (Phi) is 3.45. The third kappa shape index (κ3) is 2.65. The normalized spacial score (nSPS) is 21.9. The maximum atomic E-state index is 10.4. The average molecular weight is 283 g/mol. The quantitative estimate of drug-likeness (QED) is 0.867. The van der Waals surface area contributed by atoms with Gasteiger partial charge in [-0.15, -0.1) is 0 Å². The lowest BCUT2D eigenvalue weighted by Crippen LogP contribution is -2.27. The number of aryl methyl sites for hydroxylation is 1. The number of aromatic nitrogens is 1. The number of aliphatic hydroxyl groups is 1. The van der Waals surface area contributed by atoms with Crippen molar-refractivity contribution in [1.29, 1.82) is 0 Å². The van der Waals surface area contributed by atoms with E-state index in [1.807, 2.05) is 0 Å². The van der Waals surface area contributed by atoms with Crippen LogP contribution in [0.4, 0.5) is 0 Å². The van der Waals surface area contributed by atoms with Crippen molar-refractivity contribution in [3.63, 3.8) is 0 Å². The molecule has 2 nitrogen and oxygen atoms in total. The van der Waals surface area contributed by atoms with Crippen LogP contribution < -0.4 is 0 Å². The van der Waals surface area contributed by atoms with E-state index in [1.54, 1.807) is 0 Å². The van der Waals surface area contributed by atoms with Crippen molar-refractivity contribution in [3.8, 4) is 0 Å². The standard InChI is InChI=1S/C19H25NO/c1-13-5-7-15(8-6-13)14(2)20-10-9-16-17(20)11-19(3,4)12-18(16)21/h5-10,14,18,21H,11-12H2,1-4H3. The van der Waals surface area contributed by atoms with Crippen LogP contribution in [0.1, 0.15) is 61.7 Å². The molecule has 2 aromatic rings. The van der Waals surface area contributed by atoms with Crippen molar-refractivity contribution in [1.82, 2.24) is 4.57 Å². The van der Waals surface area contributed by atoms with Crippen LogP contribution in [0.5, 0.6) is 0 Å². The highest BCUT2D eigenvalue weighted by atomic mass is 16.3. The molecule has 3 rings (SSSR count). The van der Waals surface area contributed by atoms with E-state index in [0.29, 0.717) is 6.04 Å². The molecule has 0 radical (unpaired) electrons. The molecule has 0 aliphatic heterocycles. The zero-order valence-corrected chi connectivity index (χ0v) is 13.4. The number of benzene rings is 1. The maximum absolute atomic E-state index is 10.4. The average Bonchev–Trinajstić information content (AvgIpc) is 2.81. The second-order valence-electron chi connectivity index (χ2n) is 7.27. The summed E-state index contributed by atoms with van der Waals surface area (Å²) in [5.41, 5.74) is 5.18. The van der Waals surface area contributed by atoms with Crippen LogP contribution >= 0.6 is 0 Å². The van der Waals surface area contributed by atoms with Gasteiger partial charge in [-0.1, -0.05) is 43.7 Å². The van der Waals surface area contributed by atoms with Crippen LogP contribution in [-0.4, -0.2) is 9.67 Å². The molecule has 2 unspecified atom stereocenters. The van der Waals surface area contributed by atoms with Crippen LogP contribution in [0.25, 0.3) is 0 Å². The van der Waals surface area contributed by atoms with Crippen LogP contribution in [-0.2, 0) is 6.42 Å². The van der Waals surface area contributed by atoms with E-state index >= 15 is 0 Å². The molecule has 1 aliphatic carbocycles. The molecule has 1 aromatic carbocycles. The lowest BCUT2D eigenvalue weighted by Gasteiger charge is -2.34. The van der Waals surface area contributed by atoms with E-state index in [1.165, 1.54) is 16.8 Å². The van der Waals surface area contributed by atoms with Gasteiger partial charge in [0.2, 0.25) is 0 Å². The molecule has 2 atom stereocenters. The Morgan fingerprint density at radius 1 is 1.19 bits per heavy atom. The van der Waals surface area contributed by atoms with E-state index in [4.69, 9.17) is 0 Å². The summed E-state index contributed by atoms with van der Waals surface area (Å²) in [7, 11) is 0. The number of hydrogen-bond donors (Lipinski definition) is 1. The highest BCUT2D eigenvalue weighted by Crippen LogP contribution is 2.42. The summed E-state index contributed by atoms with van der Waals surface area (Å²) in [6.07, 6.45) is 3.70. The number of rotatable bonds is 2. The Labute approximate surface area is 127 Å². The van der Waals surface area contributed by atoms with Crippen molar-refractivity contribution in [2.45, 2.75) is 52.7 Å². The predicted molar refractivity (Wildman–Crippen MR) is 86.5 cm³/mol. The smallest absolute Gasteiger partial charge is 0.0812 e. The third-order valence-corrected chi connectivity index (χ3v) is 4.79. The van der Waals surface area contributed by atoms with Gasteiger partial charge in [0.25, 0.3) is 0 Å². The fraction of sp³-hybridized carbons (Fsp3) is 0.474. The highest BCUT2D eigenvalue weighted by Gasteiger charge is 2.33. The minimum Gasteiger partial charge on any atom is -0.388 e. The summed E-state index contributed by atoms with van der Waals surface area (Å²) in [6.45, 7) is 8.84. The molecule has 1 heterocycles. The van der Waals surface area contributed by atoms with Gasteiger partial charge >= 0.3 is 0 Å². The van der Waals surface area contributed by atoms with Crippen molar-refractivity contribution >= 4 is 0 Å². The molecule has 0 amide bonds. The molecule has 0 saturated heterocycles. The second-order valence-corrected chi connectivity index (χ2v) is 7.27. The van der Waals surface area contributed by atoms with E-state index in [0.717, 1.165) is 18.4 Å². The molecule has 0 saturated carbocycles. The van der Waals surface area contributed by atoms with Gasteiger partial charge in [0.05, 0.1) is 12.1 Å². The molecule has 0 spiro atoms. The van der Waals surface area contributed by atoms with Crippen molar-refractivity contribution < 1.29 is 5.11 Å². The topological polar surface area (TPSA) is 25.2 Å². The van der Waals surface area contributed by atoms with Crippen molar-refractivity contribution in [3.05, 3.63) is 58.9 Å². The molecule has 1 aromatic heterocycles. The van der Waals surface area contributed by atoms with E-state index in [-0.39, 0.29) is 11.5 Å². The Balaban J connectivity index is 1.99. The number of aliphatic hydroxyl groups excluding tert-OH is 1. The van der Waals surface area contributed by atoms with Gasteiger partial charge in [-0.25, -0.2) is 0 Å². The fourth-order valence-electron chi connectivity index (χ4n) is 3.52. The summed E-state index contributed by atoms with van der Waals surface area (Å²) in [6, 6.07) is 11.1. The molecule has 2 heteroatoms. The molecular weight excluding hydrogens is 258 g/mol. The first-order chi connectivity index (χ1) is 9.87. The van der Waals surface area contributed by atoms with Crippen LogP contribution in [0.15, 0.2) is 36.5 Å². The van der Waals surface area contributed by atoms with Gasteiger partial charge in [-0.05, 0) is 43.7 Å². The predicted octanol–water partition coefficient (Wildman–Crippen LogP) is 4.41. The summed E-state index contributed by atoms with van der Waals surface area (Å²) in [5, 5.41) is 10.4. The maximum Gasteiger partial charge on any atom is 0.0812 e. The van der Waals surface area contributed by atoms with Crippen molar-refractivity contribution in [2.24, 2.45) is 5.41 Å². The van der Waals surface area contributed by atoms with E-state index in [9.17, 15) is 5.11 Å². The number of fused-ring (bicyclic) bond motifs is 1. The number of nitrogens with zero attached hydrogens (tertiary/aromatic N) is 1.